The number of sulfonamides is 1. The molecule has 2 heterocycles. The van der Waals surface area contributed by atoms with Gasteiger partial charge < -0.3 is 35.2 Å². The molecule has 3 rings (SSSR count). The Bertz CT molecular complexity index is 1220. The zero-order valence-electron chi connectivity index (χ0n) is 21.5. The molecule has 1 aromatic carbocycles. The highest BCUT2D eigenvalue weighted by molar-refractivity contribution is 7.89. The molecule has 1 aromatic heterocycles. The summed E-state index contributed by atoms with van der Waals surface area (Å²) >= 11 is 0. The first-order chi connectivity index (χ1) is 18.6. The molecule has 214 valence electrons. The molecule has 0 radical (unpaired) electrons. The van der Waals surface area contributed by atoms with Gasteiger partial charge in [0.25, 0.3) is 0 Å². The zero-order valence-corrected chi connectivity index (χ0v) is 22.4. The molecule has 5 N–H and O–H groups in total. The molecule has 2 aromatic rings. The number of carboxylic acids is 2. The average Bonchev–Trinajstić information content (AvgIpc) is 2.91. The number of nitrogens with one attached hydrogen (secondary N) is 2. The summed E-state index contributed by atoms with van der Waals surface area (Å²) in [5.41, 5.74) is -0.343. The van der Waals surface area contributed by atoms with E-state index < -0.39 is 22.0 Å². The third kappa shape index (κ3) is 8.98. The molecule has 16 heteroatoms. The molecule has 0 unspecified atom stereocenters. The number of unbranched alkanes of at least 4 members (excludes halogenated alkanes) is 1. The van der Waals surface area contributed by atoms with E-state index in [1.807, 2.05) is 11.8 Å². The summed E-state index contributed by atoms with van der Waals surface area (Å²) < 4.78 is 32.3. The molecule has 1 fully saturated rings. The summed E-state index contributed by atoms with van der Waals surface area (Å²) in [5, 5.41) is 31.3. The van der Waals surface area contributed by atoms with Crippen molar-refractivity contribution in [1.82, 2.24) is 19.7 Å². The van der Waals surface area contributed by atoms with Gasteiger partial charge in [-0.1, -0.05) is 13.3 Å². The Kier molecular flexibility index (Phi) is 10.7. The van der Waals surface area contributed by atoms with Crippen LogP contribution in [0.5, 0.6) is 0 Å². The fraction of sp³-hybridized carbons (Fsp3) is 0.522. The lowest BCUT2D eigenvalue weighted by Gasteiger charge is -2.28. The Labute approximate surface area is 225 Å². The van der Waals surface area contributed by atoms with Crippen LogP contribution in [0, 0.1) is 0 Å². The smallest absolute Gasteiger partial charge is 0.335 e. The molecule has 0 bridgehead atoms. The van der Waals surface area contributed by atoms with Gasteiger partial charge in [0.1, 0.15) is 0 Å². The molecule has 1 saturated heterocycles. The summed E-state index contributed by atoms with van der Waals surface area (Å²) in [4.78, 5) is 39.9. The van der Waals surface area contributed by atoms with Gasteiger partial charge in [0.2, 0.25) is 27.9 Å². The quantitative estimate of drug-likeness (QED) is 0.197. The van der Waals surface area contributed by atoms with Crippen molar-refractivity contribution >= 4 is 45.5 Å². The van der Waals surface area contributed by atoms with Crippen LogP contribution in [0.15, 0.2) is 18.2 Å². The fourth-order valence-electron chi connectivity index (χ4n) is 3.71. The Balaban J connectivity index is 1.93. The first kappa shape index (κ1) is 29.9. The number of nitrogens with zero attached hydrogens (tertiary/aromatic N) is 5. The maximum absolute atomic E-state index is 12.2. The number of anilines is 4. The first-order valence-corrected chi connectivity index (χ1v) is 14.1. The molecular formula is C23H33N7O8S. The number of rotatable bonds is 15. The summed E-state index contributed by atoms with van der Waals surface area (Å²) in [6.07, 6.45) is 1.28. The third-order valence-corrected chi connectivity index (χ3v) is 7.18. The van der Waals surface area contributed by atoms with Crippen LogP contribution in [-0.4, -0.2) is 109 Å². The maximum atomic E-state index is 12.2. The van der Waals surface area contributed by atoms with Gasteiger partial charge in [-0.3, -0.25) is 0 Å². The van der Waals surface area contributed by atoms with Crippen molar-refractivity contribution in [3.05, 3.63) is 29.3 Å². The Morgan fingerprint density at radius 3 is 2.31 bits per heavy atom. The van der Waals surface area contributed by atoms with E-state index in [4.69, 9.17) is 4.74 Å². The van der Waals surface area contributed by atoms with Gasteiger partial charge in [-0.2, -0.15) is 15.0 Å². The van der Waals surface area contributed by atoms with Crippen LogP contribution >= 0.6 is 0 Å². The van der Waals surface area contributed by atoms with Crippen LogP contribution in [-0.2, 0) is 14.8 Å². The van der Waals surface area contributed by atoms with Crippen molar-refractivity contribution in [2.75, 3.05) is 73.4 Å². The molecule has 0 spiro atoms. The lowest BCUT2D eigenvalue weighted by atomic mass is 10.1. The maximum Gasteiger partial charge on any atom is 0.335 e. The lowest BCUT2D eigenvalue weighted by Crippen LogP contribution is -2.40. The number of hydrogen-bond donors (Lipinski definition) is 5. The van der Waals surface area contributed by atoms with Crippen LogP contribution in [0.3, 0.4) is 0 Å². The normalized spacial score (nSPS) is 13.7. The highest BCUT2D eigenvalue weighted by Crippen LogP contribution is 2.23. The van der Waals surface area contributed by atoms with Gasteiger partial charge in [-0.05, 0) is 24.6 Å². The summed E-state index contributed by atoms with van der Waals surface area (Å²) in [5.74, 6) is -2.16. The fourth-order valence-corrected chi connectivity index (χ4v) is 4.92. The van der Waals surface area contributed by atoms with Crippen molar-refractivity contribution in [2.45, 2.75) is 19.8 Å². The summed E-state index contributed by atoms with van der Waals surface area (Å²) in [7, 11) is -3.46. The Morgan fingerprint density at radius 2 is 1.72 bits per heavy atom. The molecule has 1 aliphatic heterocycles. The zero-order chi connectivity index (χ0) is 28.4. The predicted octanol–water partition coefficient (Wildman–Crippen LogP) is 0.366. The van der Waals surface area contributed by atoms with Gasteiger partial charge in [0, 0.05) is 38.4 Å². The molecular weight excluding hydrogens is 534 g/mol. The highest BCUT2D eigenvalue weighted by atomic mass is 32.2. The van der Waals surface area contributed by atoms with Crippen LogP contribution in [0.1, 0.15) is 40.5 Å². The molecule has 0 atom stereocenters. The monoisotopic (exact) mass is 567 g/mol. The molecule has 0 amide bonds. The number of aromatic nitrogens is 3. The van der Waals surface area contributed by atoms with E-state index in [0.29, 0.717) is 32.7 Å². The van der Waals surface area contributed by atoms with Gasteiger partial charge in [-0.25, -0.2) is 22.7 Å². The number of aliphatic hydroxyl groups is 1. The second-order valence-corrected chi connectivity index (χ2v) is 10.6. The average molecular weight is 568 g/mol. The molecule has 1 aliphatic rings. The van der Waals surface area contributed by atoms with Crippen LogP contribution < -0.4 is 19.8 Å². The predicted molar refractivity (Wildman–Crippen MR) is 142 cm³/mol. The number of carboxylic acid groups (broad SMARTS) is 2. The van der Waals surface area contributed by atoms with Crippen molar-refractivity contribution in [1.29, 1.82) is 0 Å². The molecule has 0 aliphatic carbocycles. The minimum atomic E-state index is -3.46. The molecule has 39 heavy (non-hydrogen) atoms. The van der Waals surface area contributed by atoms with E-state index in [2.05, 4.69) is 25.0 Å². The molecule has 0 saturated carbocycles. The largest absolute Gasteiger partial charge is 0.478 e. The second-order valence-electron chi connectivity index (χ2n) is 8.67. The van der Waals surface area contributed by atoms with Crippen molar-refractivity contribution in [3.8, 4) is 0 Å². The van der Waals surface area contributed by atoms with Crippen molar-refractivity contribution in [3.63, 3.8) is 0 Å². The number of aliphatic hydroxyl groups excluding tert-OH is 1. The summed E-state index contributed by atoms with van der Waals surface area (Å²) in [6.45, 7) is 3.84. The van der Waals surface area contributed by atoms with E-state index >= 15 is 0 Å². The second kappa shape index (κ2) is 14.0. The number of morpholine rings is 1. The van der Waals surface area contributed by atoms with E-state index in [1.165, 1.54) is 12.1 Å². The van der Waals surface area contributed by atoms with Crippen molar-refractivity contribution < 1.29 is 38.1 Å². The topological polar surface area (TPSA) is 207 Å². The van der Waals surface area contributed by atoms with E-state index in [9.17, 15) is 33.3 Å². The van der Waals surface area contributed by atoms with Gasteiger partial charge in [-0.15, -0.1) is 0 Å². The minimum absolute atomic E-state index is 0.00633. The number of benzene rings is 1. The number of aromatic carboxylic acids is 2. The lowest BCUT2D eigenvalue weighted by molar-refractivity contribution is 0.0696. The minimum Gasteiger partial charge on any atom is -0.478 e. The van der Waals surface area contributed by atoms with E-state index in [1.54, 1.807) is 4.90 Å². The highest BCUT2D eigenvalue weighted by Gasteiger charge is 2.21. The SMILES string of the molecule is CCCCS(=O)(=O)NCCN(CCO)c1nc(Nc2cc(C(=O)O)cc(C(=O)O)c2)nc(N2CCOCC2)n1. The third-order valence-electron chi connectivity index (χ3n) is 5.71. The van der Waals surface area contributed by atoms with E-state index in [0.717, 1.165) is 12.5 Å². The van der Waals surface area contributed by atoms with Crippen LogP contribution in [0.4, 0.5) is 23.5 Å². The van der Waals surface area contributed by atoms with E-state index in [-0.39, 0.29) is 66.7 Å². The van der Waals surface area contributed by atoms with Crippen molar-refractivity contribution in [2.24, 2.45) is 0 Å². The van der Waals surface area contributed by atoms with Gasteiger partial charge in [0.15, 0.2) is 0 Å². The number of ether oxygens (including phenoxy) is 1. The van der Waals surface area contributed by atoms with Gasteiger partial charge >= 0.3 is 11.9 Å². The number of hydrogen-bond acceptors (Lipinski definition) is 12. The first-order valence-electron chi connectivity index (χ1n) is 12.4. The standard InChI is InChI=1S/C23H33N7O8S/c1-2-3-12-39(36,37)24-4-5-29(6-9-31)22-26-21(27-23(28-22)30-7-10-38-11-8-30)25-18-14-16(19(32)33)13-17(15-18)20(34)35/h13-15,24,31H,2-12H2,1H3,(H,32,33)(H,34,35)(H,25,26,27,28). The van der Waals surface area contributed by atoms with Gasteiger partial charge in [0.05, 0.1) is 36.7 Å². The Morgan fingerprint density at radius 1 is 1.05 bits per heavy atom. The Hall–Kier alpha value is -3.60. The molecule has 15 nitrogen and oxygen atoms in total. The summed E-state index contributed by atoms with van der Waals surface area (Å²) in [6, 6.07) is 3.55. The van der Waals surface area contributed by atoms with Crippen LogP contribution in [0.25, 0.3) is 0 Å². The number of carbonyl (C=O) groups is 2. The van der Waals surface area contributed by atoms with Crippen LogP contribution in [0.2, 0.25) is 0 Å².